The van der Waals surface area contributed by atoms with Crippen molar-refractivity contribution in [2.24, 2.45) is 0 Å². The van der Waals surface area contributed by atoms with E-state index in [1.807, 2.05) is 6.07 Å². The average Bonchev–Trinajstić information content (AvgIpc) is 2.37. The first-order valence-electron chi connectivity index (χ1n) is 7.08. The molecule has 1 aliphatic rings. The van der Waals surface area contributed by atoms with Crippen molar-refractivity contribution in [3.05, 3.63) is 40.0 Å². The number of nitrogens with zero attached hydrogens (tertiary/aromatic N) is 1. The molecular weight excluding hydrogens is 254 g/mol. The van der Waals surface area contributed by atoms with E-state index >= 15 is 0 Å². The molecule has 0 aliphatic heterocycles. The molecule has 0 saturated heterocycles. The molecule has 100 valence electrons. The van der Waals surface area contributed by atoms with Gasteiger partial charge in [-0.1, -0.05) is 44.5 Å². The van der Waals surface area contributed by atoms with Crippen LogP contribution in [0.1, 0.15) is 50.4 Å². The lowest BCUT2D eigenvalue weighted by atomic mass is 9.87. The number of halogens is 1. The summed E-state index contributed by atoms with van der Waals surface area (Å²) in [5, 5.41) is 1.94. The molecule has 0 fully saturated rings. The van der Waals surface area contributed by atoms with Crippen molar-refractivity contribution in [1.82, 2.24) is 4.98 Å². The fourth-order valence-electron chi connectivity index (χ4n) is 2.86. The van der Waals surface area contributed by atoms with E-state index in [0.29, 0.717) is 0 Å². The maximum atomic E-state index is 6.47. The van der Waals surface area contributed by atoms with Crippen molar-refractivity contribution >= 4 is 22.5 Å². The van der Waals surface area contributed by atoms with Gasteiger partial charge in [0.1, 0.15) is 0 Å². The predicted octanol–water partition coefficient (Wildman–Crippen LogP) is 5.06. The van der Waals surface area contributed by atoms with Crippen LogP contribution in [0.3, 0.4) is 0 Å². The summed E-state index contributed by atoms with van der Waals surface area (Å²) in [5.74, 6) is 0. The van der Waals surface area contributed by atoms with Crippen LogP contribution in [-0.2, 0) is 18.3 Å². The fraction of sp³-hybridized carbons (Fsp3) is 0.471. The Bertz CT molecular complexity index is 638. The molecule has 1 aromatic heterocycles. The number of hydrogen-bond donors (Lipinski definition) is 0. The van der Waals surface area contributed by atoms with Crippen LogP contribution < -0.4 is 0 Å². The molecule has 0 bridgehead atoms. The lowest BCUT2D eigenvalue weighted by Gasteiger charge is -2.22. The maximum absolute atomic E-state index is 6.47. The molecule has 0 saturated carbocycles. The van der Waals surface area contributed by atoms with Crippen LogP contribution in [0, 0.1) is 0 Å². The van der Waals surface area contributed by atoms with Gasteiger partial charge in [-0.2, -0.15) is 0 Å². The fourth-order valence-corrected chi connectivity index (χ4v) is 3.12. The van der Waals surface area contributed by atoms with E-state index in [4.69, 9.17) is 16.6 Å². The summed E-state index contributed by atoms with van der Waals surface area (Å²) in [6.45, 7) is 6.56. The summed E-state index contributed by atoms with van der Waals surface area (Å²) in [4.78, 5) is 4.94. The molecule has 0 radical (unpaired) electrons. The third kappa shape index (κ3) is 2.25. The number of hydrogen-bond acceptors (Lipinski definition) is 1. The summed E-state index contributed by atoms with van der Waals surface area (Å²) in [6.07, 6.45) is 4.89. The lowest BCUT2D eigenvalue weighted by Crippen LogP contribution is -2.14. The van der Waals surface area contributed by atoms with E-state index in [0.717, 1.165) is 28.0 Å². The van der Waals surface area contributed by atoms with Crippen molar-refractivity contribution in [3.63, 3.8) is 0 Å². The molecule has 1 aromatic carbocycles. The third-order valence-corrected chi connectivity index (χ3v) is 4.34. The van der Waals surface area contributed by atoms with Gasteiger partial charge in [0, 0.05) is 16.5 Å². The van der Waals surface area contributed by atoms with Crippen LogP contribution in [0.2, 0.25) is 5.02 Å². The molecule has 1 aliphatic carbocycles. The molecular formula is C17H20ClN. The largest absolute Gasteiger partial charge is 0.252 e. The zero-order chi connectivity index (χ0) is 13.6. The Hall–Kier alpha value is -1.08. The second kappa shape index (κ2) is 4.49. The van der Waals surface area contributed by atoms with Gasteiger partial charge in [0.2, 0.25) is 0 Å². The second-order valence-electron chi connectivity index (χ2n) is 6.55. The van der Waals surface area contributed by atoms with E-state index < -0.39 is 0 Å². The predicted molar refractivity (Wildman–Crippen MR) is 82.1 cm³/mol. The Kier molecular flexibility index (Phi) is 3.05. The van der Waals surface area contributed by atoms with Gasteiger partial charge < -0.3 is 0 Å². The van der Waals surface area contributed by atoms with Crippen molar-refractivity contribution in [2.75, 3.05) is 0 Å². The van der Waals surface area contributed by atoms with Crippen LogP contribution in [0.4, 0.5) is 0 Å². The highest BCUT2D eigenvalue weighted by atomic mass is 35.5. The van der Waals surface area contributed by atoms with Gasteiger partial charge in [0.25, 0.3) is 0 Å². The molecule has 0 amide bonds. The van der Waals surface area contributed by atoms with Crippen molar-refractivity contribution < 1.29 is 0 Å². The molecule has 3 rings (SSSR count). The summed E-state index contributed by atoms with van der Waals surface area (Å²) in [6, 6.07) is 6.40. The van der Waals surface area contributed by atoms with Crippen molar-refractivity contribution in [2.45, 2.75) is 51.9 Å². The summed E-state index contributed by atoms with van der Waals surface area (Å²) >= 11 is 6.47. The molecule has 19 heavy (non-hydrogen) atoms. The van der Waals surface area contributed by atoms with E-state index in [9.17, 15) is 0 Å². The van der Waals surface area contributed by atoms with Crippen LogP contribution >= 0.6 is 11.6 Å². The van der Waals surface area contributed by atoms with Gasteiger partial charge in [0.05, 0.1) is 10.5 Å². The molecule has 1 heterocycles. The Labute approximate surface area is 120 Å². The normalized spacial score (nSPS) is 15.6. The zero-order valence-corrected chi connectivity index (χ0v) is 12.6. The van der Waals surface area contributed by atoms with Gasteiger partial charge >= 0.3 is 0 Å². The minimum atomic E-state index is 0.0369. The smallest absolute Gasteiger partial charge is 0.0755 e. The zero-order valence-electron chi connectivity index (χ0n) is 11.9. The van der Waals surface area contributed by atoms with E-state index in [2.05, 4.69) is 32.9 Å². The van der Waals surface area contributed by atoms with Gasteiger partial charge in [0.15, 0.2) is 0 Å². The Morgan fingerprint density at radius 2 is 1.84 bits per heavy atom. The van der Waals surface area contributed by atoms with Gasteiger partial charge in [-0.25, -0.2) is 0 Å². The quantitative estimate of drug-likeness (QED) is 0.653. The Morgan fingerprint density at radius 1 is 1.11 bits per heavy atom. The van der Waals surface area contributed by atoms with Crippen molar-refractivity contribution in [1.29, 1.82) is 0 Å². The van der Waals surface area contributed by atoms with Gasteiger partial charge in [-0.05, 0) is 42.9 Å². The minimum Gasteiger partial charge on any atom is -0.252 e. The highest BCUT2D eigenvalue weighted by Crippen LogP contribution is 2.34. The van der Waals surface area contributed by atoms with E-state index in [1.54, 1.807) is 0 Å². The average molecular weight is 274 g/mol. The first-order chi connectivity index (χ1) is 8.97. The summed E-state index contributed by atoms with van der Waals surface area (Å²) in [7, 11) is 0. The molecule has 0 atom stereocenters. The van der Waals surface area contributed by atoms with Gasteiger partial charge in [-0.3, -0.25) is 4.98 Å². The van der Waals surface area contributed by atoms with Crippen LogP contribution in [0.25, 0.3) is 10.9 Å². The number of fused-ring (bicyclic) bond motifs is 3. The highest BCUT2D eigenvalue weighted by molar-refractivity contribution is 6.35. The topological polar surface area (TPSA) is 12.9 Å². The number of aryl methyl sites for hydroxylation is 2. The summed E-state index contributed by atoms with van der Waals surface area (Å²) < 4.78 is 0. The number of benzene rings is 1. The molecule has 1 nitrogen and oxygen atoms in total. The van der Waals surface area contributed by atoms with Crippen LogP contribution in [-0.4, -0.2) is 4.98 Å². The molecule has 2 aromatic rings. The SMILES string of the molecule is CC(C)(C)c1cc(Cl)c2ccc3c(c2n1)CCCC3. The number of pyridine rings is 1. The van der Waals surface area contributed by atoms with E-state index in [-0.39, 0.29) is 5.41 Å². The Morgan fingerprint density at radius 3 is 2.58 bits per heavy atom. The molecule has 0 N–H and O–H groups in total. The minimum absolute atomic E-state index is 0.0369. The Balaban J connectivity index is 2.32. The van der Waals surface area contributed by atoms with Crippen molar-refractivity contribution in [3.8, 4) is 0 Å². The third-order valence-electron chi connectivity index (χ3n) is 4.02. The summed E-state index contributed by atoms with van der Waals surface area (Å²) in [5.41, 5.74) is 5.15. The number of aromatic nitrogens is 1. The molecule has 0 unspecified atom stereocenters. The standard InChI is InChI=1S/C17H20ClN/c1-17(2,3)15-10-14(18)13-9-8-11-6-4-5-7-12(11)16(13)19-15/h8-10H,4-7H2,1-3H3. The maximum Gasteiger partial charge on any atom is 0.0755 e. The highest BCUT2D eigenvalue weighted by Gasteiger charge is 2.20. The number of rotatable bonds is 0. The molecule has 2 heteroatoms. The van der Waals surface area contributed by atoms with Gasteiger partial charge in [-0.15, -0.1) is 0 Å². The first kappa shape index (κ1) is 12.9. The van der Waals surface area contributed by atoms with Crippen LogP contribution in [0.15, 0.2) is 18.2 Å². The first-order valence-corrected chi connectivity index (χ1v) is 7.46. The van der Waals surface area contributed by atoms with Crippen LogP contribution in [0.5, 0.6) is 0 Å². The second-order valence-corrected chi connectivity index (χ2v) is 6.95. The lowest BCUT2D eigenvalue weighted by molar-refractivity contribution is 0.571. The molecule has 0 spiro atoms. The monoisotopic (exact) mass is 273 g/mol. The van der Waals surface area contributed by atoms with E-state index in [1.165, 1.54) is 30.4 Å².